The number of carbonyl (C=O) groups is 1. The fourth-order valence-corrected chi connectivity index (χ4v) is 2.81. The zero-order valence-corrected chi connectivity index (χ0v) is 17.0. The topological polar surface area (TPSA) is 76.7 Å². The summed E-state index contributed by atoms with van der Waals surface area (Å²) in [4.78, 5) is 22.8. The molecule has 0 spiro atoms. The third-order valence-corrected chi connectivity index (χ3v) is 4.39. The van der Waals surface area contributed by atoms with Crippen molar-refractivity contribution < 1.29 is 19.1 Å². The van der Waals surface area contributed by atoms with E-state index in [4.69, 9.17) is 9.47 Å². The summed E-state index contributed by atoms with van der Waals surface area (Å²) in [6.45, 7) is 12.6. The van der Waals surface area contributed by atoms with Crippen LogP contribution in [-0.4, -0.2) is 42.3 Å². The van der Waals surface area contributed by atoms with Gasteiger partial charge in [-0.3, -0.25) is 4.79 Å². The van der Waals surface area contributed by atoms with E-state index in [0.717, 1.165) is 18.5 Å². The summed E-state index contributed by atoms with van der Waals surface area (Å²) in [5.41, 5.74) is -0.358. The van der Waals surface area contributed by atoms with Gasteiger partial charge in [-0.2, -0.15) is 0 Å². The molecular formula is C20H34N2O4. The molecule has 0 aromatic carbocycles. The molecule has 0 bridgehead atoms. The Morgan fingerprint density at radius 2 is 2.04 bits per heavy atom. The molecule has 1 amide bonds. The van der Waals surface area contributed by atoms with Crippen molar-refractivity contribution in [1.82, 2.24) is 10.6 Å². The standard InChI is InChI=1S/C20H34N2O4/c1-7-15(8-2)18(24)22-16-11-17(13-21-12-16)26-20(5,6)14-25-19(3,4)9-10-23/h9,12,15,17,21H,7-8,11,13-14H2,1-6H3,(H,22,24). The summed E-state index contributed by atoms with van der Waals surface area (Å²) >= 11 is 0. The van der Waals surface area contributed by atoms with E-state index in [0.29, 0.717) is 19.6 Å². The SMILES string of the molecule is CCC(CC)C(=O)NC1=CNCC(OC(C)(C)COC(C)(C)C=C=O)C1. The van der Waals surface area contributed by atoms with Crippen molar-refractivity contribution in [3.63, 3.8) is 0 Å². The van der Waals surface area contributed by atoms with Crippen LogP contribution in [0.15, 0.2) is 18.0 Å². The molecule has 2 N–H and O–H groups in total. The number of amides is 1. The van der Waals surface area contributed by atoms with Crippen LogP contribution < -0.4 is 10.6 Å². The number of nitrogens with one attached hydrogen (secondary N) is 2. The first-order valence-corrected chi connectivity index (χ1v) is 9.39. The molecule has 0 aliphatic carbocycles. The Morgan fingerprint density at radius 1 is 1.38 bits per heavy atom. The molecule has 6 heteroatoms. The lowest BCUT2D eigenvalue weighted by Gasteiger charge is -2.35. The maximum Gasteiger partial charge on any atom is 0.227 e. The van der Waals surface area contributed by atoms with Crippen molar-refractivity contribution in [3.05, 3.63) is 18.0 Å². The quantitative estimate of drug-likeness (QED) is 0.582. The first-order valence-electron chi connectivity index (χ1n) is 9.39. The molecule has 0 fully saturated rings. The number of carbonyl (C=O) groups excluding carboxylic acids is 2. The summed E-state index contributed by atoms with van der Waals surface area (Å²) in [5.74, 6) is 1.87. The molecule has 6 nitrogen and oxygen atoms in total. The van der Waals surface area contributed by atoms with Gasteiger partial charge in [0, 0.05) is 36.9 Å². The largest absolute Gasteiger partial charge is 0.387 e. The molecule has 0 radical (unpaired) electrons. The predicted octanol–water partition coefficient (Wildman–Crippen LogP) is 2.72. The summed E-state index contributed by atoms with van der Waals surface area (Å²) < 4.78 is 12.0. The molecule has 1 aliphatic rings. The van der Waals surface area contributed by atoms with Crippen molar-refractivity contribution in [2.75, 3.05) is 13.2 Å². The van der Waals surface area contributed by atoms with Gasteiger partial charge in [0.15, 0.2) is 0 Å². The van der Waals surface area contributed by atoms with Crippen LogP contribution in [0.2, 0.25) is 0 Å². The van der Waals surface area contributed by atoms with Gasteiger partial charge >= 0.3 is 0 Å². The van der Waals surface area contributed by atoms with Crippen LogP contribution >= 0.6 is 0 Å². The number of rotatable bonds is 10. The van der Waals surface area contributed by atoms with Crippen molar-refractivity contribution >= 4 is 11.8 Å². The average Bonchev–Trinajstić information content (AvgIpc) is 2.54. The molecule has 0 aromatic rings. The first-order chi connectivity index (χ1) is 12.1. The number of ether oxygens (including phenoxy) is 2. The molecule has 0 saturated heterocycles. The molecule has 1 aliphatic heterocycles. The Morgan fingerprint density at radius 3 is 2.62 bits per heavy atom. The van der Waals surface area contributed by atoms with Gasteiger partial charge in [0.25, 0.3) is 0 Å². The fourth-order valence-electron chi connectivity index (χ4n) is 2.81. The van der Waals surface area contributed by atoms with Gasteiger partial charge in [-0.05, 0) is 40.5 Å². The van der Waals surface area contributed by atoms with Gasteiger partial charge in [0.05, 0.1) is 23.9 Å². The monoisotopic (exact) mass is 366 g/mol. The first kappa shape index (κ1) is 22.4. The van der Waals surface area contributed by atoms with Gasteiger partial charge < -0.3 is 20.1 Å². The number of hydrogen-bond donors (Lipinski definition) is 2. The highest BCUT2D eigenvalue weighted by molar-refractivity contribution is 5.80. The summed E-state index contributed by atoms with van der Waals surface area (Å²) in [5, 5.41) is 6.19. The molecule has 148 valence electrons. The smallest absolute Gasteiger partial charge is 0.227 e. The zero-order chi connectivity index (χ0) is 19.8. The highest BCUT2D eigenvalue weighted by Crippen LogP contribution is 2.22. The van der Waals surface area contributed by atoms with Gasteiger partial charge in [0.2, 0.25) is 5.91 Å². The second kappa shape index (κ2) is 9.91. The molecular weight excluding hydrogens is 332 g/mol. The molecule has 0 saturated carbocycles. The fraction of sp³-hybridized carbons (Fsp3) is 0.750. The second-order valence-corrected chi connectivity index (χ2v) is 7.94. The Kier molecular flexibility index (Phi) is 8.54. The average molecular weight is 367 g/mol. The lowest BCUT2D eigenvalue weighted by molar-refractivity contribution is -0.134. The lowest BCUT2D eigenvalue weighted by Crippen LogP contribution is -2.44. The maximum absolute atomic E-state index is 12.3. The summed E-state index contributed by atoms with van der Waals surface area (Å²) in [6, 6.07) is 0. The van der Waals surface area contributed by atoms with Gasteiger partial charge in [0.1, 0.15) is 5.94 Å². The molecule has 1 atom stereocenters. The predicted molar refractivity (Wildman–Crippen MR) is 102 cm³/mol. The van der Waals surface area contributed by atoms with Gasteiger partial charge in [-0.25, -0.2) is 4.79 Å². The normalized spacial score (nSPS) is 18.0. The van der Waals surface area contributed by atoms with Crippen molar-refractivity contribution in [2.24, 2.45) is 5.92 Å². The maximum atomic E-state index is 12.3. The Bertz CT molecular complexity index is 544. The van der Waals surface area contributed by atoms with Crippen LogP contribution in [-0.2, 0) is 19.1 Å². The molecule has 0 aromatic heterocycles. The van der Waals surface area contributed by atoms with E-state index in [-0.39, 0.29) is 17.9 Å². The minimum absolute atomic E-state index is 0.0372. The molecule has 1 heterocycles. The molecule has 1 rings (SSSR count). The third kappa shape index (κ3) is 7.73. The highest BCUT2D eigenvalue weighted by Gasteiger charge is 2.29. The Balaban J connectivity index is 2.56. The second-order valence-electron chi connectivity index (χ2n) is 7.94. The summed E-state index contributed by atoms with van der Waals surface area (Å²) in [7, 11) is 0. The van der Waals surface area contributed by atoms with Crippen molar-refractivity contribution in [3.8, 4) is 0 Å². The van der Waals surface area contributed by atoms with E-state index >= 15 is 0 Å². The Labute approximate surface area is 157 Å². The third-order valence-electron chi connectivity index (χ3n) is 4.39. The van der Waals surface area contributed by atoms with Gasteiger partial charge in [-0.1, -0.05) is 13.8 Å². The van der Waals surface area contributed by atoms with Crippen molar-refractivity contribution in [2.45, 2.75) is 78.1 Å². The van der Waals surface area contributed by atoms with Crippen LogP contribution in [0.1, 0.15) is 60.8 Å². The van der Waals surface area contributed by atoms with E-state index in [2.05, 4.69) is 10.6 Å². The van der Waals surface area contributed by atoms with E-state index in [1.54, 1.807) is 5.94 Å². The highest BCUT2D eigenvalue weighted by atomic mass is 16.6. The van der Waals surface area contributed by atoms with Crippen molar-refractivity contribution in [1.29, 1.82) is 0 Å². The van der Waals surface area contributed by atoms with E-state index in [9.17, 15) is 9.59 Å². The van der Waals surface area contributed by atoms with Crippen LogP contribution in [0.4, 0.5) is 0 Å². The molecule has 26 heavy (non-hydrogen) atoms. The minimum atomic E-state index is -0.679. The van der Waals surface area contributed by atoms with Crippen LogP contribution in [0.25, 0.3) is 0 Å². The zero-order valence-electron chi connectivity index (χ0n) is 17.0. The minimum Gasteiger partial charge on any atom is -0.387 e. The van der Waals surface area contributed by atoms with E-state index in [1.807, 2.05) is 47.7 Å². The summed E-state index contributed by atoms with van der Waals surface area (Å²) in [6.07, 6.45) is 5.44. The molecule has 1 unspecified atom stereocenters. The van der Waals surface area contributed by atoms with Gasteiger partial charge in [-0.15, -0.1) is 0 Å². The van der Waals surface area contributed by atoms with Crippen LogP contribution in [0.5, 0.6) is 0 Å². The lowest BCUT2D eigenvalue weighted by atomic mass is 10.0. The Hall–Kier alpha value is -1.62. The van der Waals surface area contributed by atoms with Crippen LogP contribution in [0, 0.1) is 5.92 Å². The van der Waals surface area contributed by atoms with E-state index < -0.39 is 11.2 Å². The van der Waals surface area contributed by atoms with E-state index in [1.165, 1.54) is 6.08 Å². The van der Waals surface area contributed by atoms with Crippen LogP contribution in [0.3, 0.4) is 0 Å². The number of hydrogen-bond acceptors (Lipinski definition) is 5.